The third-order valence-electron chi connectivity index (χ3n) is 5.10. The van der Waals surface area contributed by atoms with Gasteiger partial charge in [0.05, 0.1) is 0 Å². The van der Waals surface area contributed by atoms with E-state index in [4.69, 9.17) is 4.74 Å². The Kier molecular flexibility index (Phi) is 7.97. The second-order valence-corrected chi connectivity index (χ2v) is 8.23. The molecular weight excluding hydrogens is 460 g/mol. The van der Waals surface area contributed by atoms with Gasteiger partial charge in [0.15, 0.2) is 0 Å². The molecule has 2 N–H and O–H groups in total. The lowest BCUT2D eigenvalue weighted by molar-refractivity contribution is 0.302. The minimum Gasteiger partial charge on any atom is -0.489 e. The Balaban J connectivity index is 0.00000256. The maximum absolute atomic E-state index is 6.11. The maximum atomic E-state index is 6.11. The first kappa shape index (κ1) is 22.4. The number of benzene rings is 3. The molecule has 30 heavy (non-hydrogen) atoms. The molecule has 156 valence electrons. The summed E-state index contributed by atoms with van der Waals surface area (Å²) in [5, 5.41) is 4.87. The SMILES string of the molecule is Cc1ccc(COc2ccc(Br)cc2CNCCc2c[nH]c3ccccc23)cc1.Cl. The van der Waals surface area contributed by atoms with Crippen molar-refractivity contribution in [1.29, 1.82) is 0 Å². The molecular formula is C25H26BrClN2O. The van der Waals surface area contributed by atoms with Crippen LogP contribution in [0.4, 0.5) is 0 Å². The van der Waals surface area contributed by atoms with Crippen molar-refractivity contribution in [2.24, 2.45) is 0 Å². The van der Waals surface area contributed by atoms with Crippen molar-refractivity contribution < 1.29 is 4.74 Å². The summed E-state index contributed by atoms with van der Waals surface area (Å²) in [6.07, 6.45) is 3.10. The van der Waals surface area contributed by atoms with Crippen LogP contribution in [0.5, 0.6) is 5.75 Å². The highest BCUT2D eigenvalue weighted by Crippen LogP contribution is 2.24. The molecule has 0 aliphatic carbocycles. The summed E-state index contributed by atoms with van der Waals surface area (Å²) >= 11 is 3.58. The van der Waals surface area contributed by atoms with Crippen LogP contribution in [0.1, 0.15) is 22.3 Å². The topological polar surface area (TPSA) is 37.0 Å². The van der Waals surface area contributed by atoms with E-state index in [0.29, 0.717) is 6.61 Å². The van der Waals surface area contributed by atoms with E-state index in [2.05, 4.69) is 93.9 Å². The summed E-state index contributed by atoms with van der Waals surface area (Å²) in [5.41, 5.74) is 6.14. The molecule has 0 unspecified atom stereocenters. The Bertz CT molecular complexity index is 1090. The molecule has 3 aromatic carbocycles. The molecule has 1 heterocycles. The molecule has 0 radical (unpaired) electrons. The van der Waals surface area contributed by atoms with Gasteiger partial charge in [0, 0.05) is 33.7 Å². The van der Waals surface area contributed by atoms with E-state index in [9.17, 15) is 0 Å². The molecule has 0 spiro atoms. The summed E-state index contributed by atoms with van der Waals surface area (Å²) in [5.74, 6) is 0.924. The number of aromatic amines is 1. The van der Waals surface area contributed by atoms with Crippen LogP contribution < -0.4 is 10.1 Å². The summed E-state index contributed by atoms with van der Waals surface area (Å²) in [6.45, 7) is 4.35. The van der Waals surface area contributed by atoms with Crippen LogP contribution in [0.25, 0.3) is 10.9 Å². The smallest absolute Gasteiger partial charge is 0.124 e. The number of hydrogen-bond acceptors (Lipinski definition) is 2. The molecule has 3 nitrogen and oxygen atoms in total. The predicted octanol–water partition coefficient (Wildman–Crippen LogP) is 6.57. The first-order chi connectivity index (χ1) is 14.2. The fourth-order valence-electron chi connectivity index (χ4n) is 3.46. The van der Waals surface area contributed by atoms with Gasteiger partial charge < -0.3 is 15.0 Å². The van der Waals surface area contributed by atoms with Gasteiger partial charge >= 0.3 is 0 Å². The molecule has 0 bridgehead atoms. The molecule has 4 rings (SSSR count). The number of ether oxygens (including phenoxy) is 1. The van der Waals surface area contributed by atoms with E-state index >= 15 is 0 Å². The van der Waals surface area contributed by atoms with Crippen LogP contribution in [0, 0.1) is 6.92 Å². The Labute approximate surface area is 192 Å². The second kappa shape index (κ2) is 10.7. The lowest BCUT2D eigenvalue weighted by Crippen LogP contribution is -2.17. The Morgan fingerprint density at radius 1 is 0.967 bits per heavy atom. The number of H-pyrrole nitrogens is 1. The van der Waals surface area contributed by atoms with Gasteiger partial charge in [-0.2, -0.15) is 0 Å². The normalized spacial score (nSPS) is 10.7. The average Bonchev–Trinajstić information content (AvgIpc) is 3.15. The van der Waals surface area contributed by atoms with E-state index in [1.807, 2.05) is 12.1 Å². The standard InChI is InChI=1S/C25H25BrN2O.ClH/c1-18-6-8-19(9-7-18)17-29-25-11-10-22(26)14-21(25)15-27-13-12-20-16-28-24-5-3-2-4-23(20)24;/h2-11,14,16,27-28H,12-13,15,17H2,1H3;1H. The third kappa shape index (κ3) is 5.66. The number of rotatable bonds is 8. The Hall–Kier alpha value is -2.27. The van der Waals surface area contributed by atoms with Gasteiger partial charge in [-0.25, -0.2) is 0 Å². The summed E-state index contributed by atoms with van der Waals surface area (Å²) < 4.78 is 7.18. The first-order valence-electron chi connectivity index (χ1n) is 9.91. The zero-order valence-corrected chi connectivity index (χ0v) is 19.4. The lowest BCUT2D eigenvalue weighted by atomic mass is 10.1. The van der Waals surface area contributed by atoms with Crippen molar-refractivity contribution in [2.45, 2.75) is 26.5 Å². The van der Waals surface area contributed by atoms with Gasteiger partial charge in [0.25, 0.3) is 0 Å². The van der Waals surface area contributed by atoms with Gasteiger partial charge in [-0.05, 0) is 55.3 Å². The molecule has 0 saturated carbocycles. The first-order valence-corrected chi connectivity index (χ1v) is 10.7. The van der Waals surface area contributed by atoms with Gasteiger partial charge in [-0.15, -0.1) is 12.4 Å². The molecule has 5 heteroatoms. The monoisotopic (exact) mass is 484 g/mol. The quantitative estimate of drug-likeness (QED) is 0.277. The van der Waals surface area contributed by atoms with Crippen molar-refractivity contribution in [3.63, 3.8) is 0 Å². The predicted molar refractivity (Wildman–Crippen MR) is 131 cm³/mol. The zero-order valence-electron chi connectivity index (χ0n) is 17.0. The minimum absolute atomic E-state index is 0. The fraction of sp³-hybridized carbons (Fsp3) is 0.200. The van der Waals surface area contributed by atoms with Crippen LogP contribution in [-0.4, -0.2) is 11.5 Å². The van der Waals surface area contributed by atoms with E-state index in [1.165, 1.54) is 27.6 Å². The van der Waals surface area contributed by atoms with Crippen molar-refractivity contribution in [3.05, 3.63) is 99.7 Å². The molecule has 4 aromatic rings. The van der Waals surface area contributed by atoms with Crippen LogP contribution in [0.2, 0.25) is 0 Å². The van der Waals surface area contributed by atoms with E-state index < -0.39 is 0 Å². The van der Waals surface area contributed by atoms with Gasteiger partial charge in [-0.3, -0.25) is 0 Å². The molecule has 0 amide bonds. The van der Waals surface area contributed by atoms with Crippen LogP contribution in [0.3, 0.4) is 0 Å². The number of aryl methyl sites for hydroxylation is 1. The largest absolute Gasteiger partial charge is 0.489 e. The minimum atomic E-state index is 0. The average molecular weight is 486 g/mol. The van der Waals surface area contributed by atoms with Crippen LogP contribution in [0.15, 0.2) is 77.4 Å². The molecule has 0 aliphatic heterocycles. The van der Waals surface area contributed by atoms with Crippen LogP contribution in [-0.2, 0) is 19.6 Å². The van der Waals surface area contributed by atoms with Crippen LogP contribution >= 0.6 is 28.3 Å². The highest BCUT2D eigenvalue weighted by Gasteiger charge is 2.07. The van der Waals surface area contributed by atoms with Crippen molar-refractivity contribution in [2.75, 3.05) is 6.54 Å². The Morgan fingerprint density at radius 2 is 1.77 bits per heavy atom. The summed E-state index contributed by atoms with van der Waals surface area (Å²) in [6, 6.07) is 23.1. The highest BCUT2D eigenvalue weighted by atomic mass is 79.9. The summed E-state index contributed by atoms with van der Waals surface area (Å²) in [7, 11) is 0. The van der Waals surface area contributed by atoms with E-state index in [1.54, 1.807) is 0 Å². The molecule has 0 saturated heterocycles. The number of halogens is 2. The fourth-order valence-corrected chi connectivity index (χ4v) is 3.87. The van der Waals surface area contributed by atoms with E-state index in [0.717, 1.165) is 35.3 Å². The van der Waals surface area contributed by atoms with Gasteiger partial charge in [0.2, 0.25) is 0 Å². The highest BCUT2D eigenvalue weighted by molar-refractivity contribution is 9.10. The molecule has 0 fully saturated rings. The lowest BCUT2D eigenvalue weighted by Gasteiger charge is -2.13. The number of para-hydroxylation sites is 1. The zero-order chi connectivity index (χ0) is 20.1. The number of nitrogens with one attached hydrogen (secondary N) is 2. The van der Waals surface area contributed by atoms with Crippen molar-refractivity contribution in [3.8, 4) is 5.75 Å². The number of hydrogen-bond donors (Lipinski definition) is 2. The third-order valence-corrected chi connectivity index (χ3v) is 5.59. The van der Waals surface area contributed by atoms with Crippen molar-refractivity contribution >= 4 is 39.2 Å². The van der Waals surface area contributed by atoms with Gasteiger partial charge in [0.1, 0.15) is 12.4 Å². The molecule has 0 atom stereocenters. The number of aromatic nitrogens is 1. The molecule has 1 aromatic heterocycles. The number of fused-ring (bicyclic) bond motifs is 1. The summed E-state index contributed by atoms with van der Waals surface area (Å²) in [4.78, 5) is 3.35. The Morgan fingerprint density at radius 3 is 2.60 bits per heavy atom. The second-order valence-electron chi connectivity index (χ2n) is 7.31. The van der Waals surface area contributed by atoms with Gasteiger partial charge in [-0.1, -0.05) is 64.0 Å². The van der Waals surface area contributed by atoms with E-state index in [-0.39, 0.29) is 12.4 Å². The maximum Gasteiger partial charge on any atom is 0.124 e. The molecule has 0 aliphatic rings. The van der Waals surface area contributed by atoms with Crippen molar-refractivity contribution in [1.82, 2.24) is 10.3 Å².